The average molecular weight is 308 g/mol. The summed E-state index contributed by atoms with van der Waals surface area (Å²) >= 11 is 0. The fraction of sp³-hybridized carbons (Fsp3) is 0.500. The predicted octanol–water partition coefficient (Wildman–Crippen LogP) is 1.38. The fourth-order valence-electron chi connectivity index (χ4n) is 2.59. The van der Waals surface area contributed by atoms with Crippen LogP contribution in [0.25, 0.3) is 0 Å². The lowest BCUT2D eigenvalue weighted by molar-refractivity contribution is -0.137. The molecule has 0 aromatic heterocycles. The Morgan fingerprint density at radius 1 is 1.14 bits per heavy atom. The van der Waals surface area contributed by atoms with Crippen LogP contribution >= 0.6 is 0 Å². The summed E-state index contributed by atoms with van der Waals surface area (Å²) in [5.41, 5.74) is 0.427. The third-order valence-electron chi connectivity index (χ3n) is 3.89. The van der Waals surface area contributed by atoms with Crippen molar-refractivity contribution in [2.45, 2.75) is 19.3 Å². The van der Waals surface area contributed by atoms with Crippen molar-refractivity contribution in [2.75, 3.05) is 32.7 Å². The van der Waals surface area contributed by atoms with Crippen LogP contribution in [0.3, 0.4) is 0 Å². The van der Waals surface area contributed by atoms with E-state index in [1.807, 2.05) is 0 Å². The maximum atomic E-state index is 13.6. The highest BCUT2D eigenvalue weighted by atomic mass is 19.1. The number of amides is 1. The van der Waals surface area contributed by atoms with Crippen LogP contribution in [0.15, 0.2) is 24.3 Å². The van der Waals surface area contributed by atoms with Crippen LogP contribution in [-0.2, 0) is 16.0 Å². The van der Waals surface area contributed by atoms with Gasteiger partial charge >= 0.3 is 5.97 Å². The topological polar surface area (TPSA) is 60.9 Å². The molecule has 0 radical (unpaired) electrons. The van der Waals surface area contributed by atoms with E-state index in [0.29, 0.717) is 25.1 Å². The number of carbonyl (C=O) groups excluding carboxylic acids is 1. The zero-order valence-corrected chi connectivity index (χ0v) is 12.5. The Balaban J connectivity index is 1.75. The Labute approximate surface area is 129 Å². The quantitative estimate of drug-likeness (QED) is 0.862. The molecule has 0 aliphatic carbocycles. The molecule has 0 saturated carbocycles. The van der Waals surface area contributed by atoms with Gasteiger partial charge < -0.3 is 10.0 Å². The molecule has 1 aliphatic rings. The molecule has 1 N–H and O–H groups in total. The molecule has 0 unspecified atom stereocenters. The molecule has 0 atom stereocenters. The lowest BCUT2D eigenvalue weighted by Crippen LogP contribution is -2.49. The Morgan fingerprint density at radius 2 is 1.82 bits per heavy atom. The van der Waals surface area contributed by atoms with Gasteiger partial charge in [-0.05, 0) is 24.6 Å². The van der Waals surface area contributed by atoms with Crippen molar-refractivity contribution in [3.63, 3.8) is 0 Å². The van der Waals surface area contributed by atoms with Gasteiger partial charge in [-0.2, -0.15) is 0 Å². The largest absolute Gasteiger partial charge is 0.481 e. The molecular weight excluding hydrogens is 287 g/mol. The van der Waals surface area contributed by atoms with Gasteiger partial charge in [0.2, 0.25) is 5.91 Å². The first-order valence-electron chi connectivity index (χ1n) is 7.51. The zero-order chi connectivity index (χ0) is 15.9. The SMILES string of the molecule is O=C(O)CCCN1CCN(C(=O)Cc2ccccc2F)CC1. The van der Waals surface area contributed by atoms with Crippen molar-refractivity contribution in [3.05, 3.63) is 35.6 Å². The first-order chi connectivity index (χ1) is 10.6. The van der Waals surface area contributed by atoms with E-state index < -0.39 is 5.97 Å². The highest BCUT2D eigenvalue weighted by Crippen LogP contribution is 2.11. The van der Waals surface area contributed by atoms with E-state index in [1.54, 1.807) is 23.1 Å². The highest BCUT2D eigenvalue weighted by molar-refractivity contribution is 5.79. The van der Waals surface area contributed by atoms with Crippen molar-refractivity contribution in [2.24, 2.45) is 0 Å². The minimum atomic E-state index is -0.779. The number of aliphatic carboxylic acids is 1. The monoisotopic (exact) mass is 308 g/mol. The van der Waals surface area contributed by atoms with Crippen LogP contribution in [0.1, 0.15) is 18.4 Å². The molecule has 1 fully saturated rings. The summed E-state index contributed by atoms with van der Waals surface area (Å²) in [6.07, 6.45) is 0.886. The van der Waals surface area contributed by atoms with Crippen LogP contribution in [0, 0.1) is 5.82 Å². The summed E-state index contributed by atoms with van der Waals surface area (Å²) < 4.78 is 13.6. The summed E-state index contributed by atoms with van der Waals surface area (Å²) in [6, 6.07) is 6.34. The number of carboxylic acid groups (broad SMARTS) is 1. The molecule has 5 nitrogen and oxygen atoms in total. The van der Waals surface area contributed by atoms with Crippen molar-refractivity contribution in [3.8, 4) is 0 Å². The number of halogens is 1. The maximum absolute atomic E-state index is 13.6. The van der Waals surface area contributed by atoms with Gasteiger partial charge in [0, 0.05) is 32.6 Å². The number of carbonyl (C=O) groups is 2. The molecule has 6 heteroatoms. The normalized spacial score (nSPS) is 15.8. The third kappa shape index (κ3) is 4.80. The first kappa shape index (κ1) is 16.4. The van der Waals surface area contributed by atoms with Crippen LogP contribution in [-0.4, -0.2) is 59.5 Å². The smallest absolute Gasteiger partial charge is 0.303 e. The molecule has 1 amide bonds. The van der Waals surface area contributed by atoms with Gasteiger partial charge in [-0.3, -0.25) is 14.5 Å². The Kier molecular flexibility index (Phi) is 5.89. The average Bonchev–Trinajstić information content (AvgIpc) is 2.50. The number of hydrogen-bond donors (Lipinski definition) is 1. The Hall–Kier alpha value is -1.95. The van der Waals surface area contributed by atoms with Gasteiger partial charge in [-0.25, -0.2) is 4.39 Å². The van der Waals surface area contributed by atoms with Crippen LogP contribution in [0.4, 0.5) is 4.39 Å². The number of rotatable bonds is 6. The number of nitrogens with zero attached hydrogens (tertiary/aromatic N) is 2. The van der Waals surface area contributed by atoms with E-state index >= 15 is 0 Å². The van der Waals surface area contributed by atoms with Crippen molar-refractivity contribution >= 4 is 11.9 Å². The molecule has 0 bridgehead atoms. The van der Waals surface area contributed by atoms with Crippen molar-refractivity contribution in [1.29, 1.82) is 0 Å². The molecule has 1 aliphatic heterocycles. The summed E-state index contributed by atoms with van der Waals surface area (Å²) in [5, 5.41) is 8.62. The standard InChI is InChI=1S/C16H21FN2O3/c17-14-5-2-1-4-13(14)12-15(20)19-10-8-18(9-11-19)7-3-6-16(21)22/h1-2,4-5H,3,6-12H2,(H,21,22). The van der Waals surface area contributed by atoms with Gasteiger partial charge in [0.25, 0.3) is 0 Å². The van der Waals surface area contributed by atoms with E-state index in [0.717, 1.165) is 19.6 Å². The minimum absolute atomic E-state index is 0.0599. The summed E-state index contributed by atoms with van der Waals surface area (Å²) in [7, 11) is 0. The molecule has 1 heterocycles. The molecule has 1 aromatic rings. The van der Waals surface area contributed by atoms with E-state index in [4.69, 9.17) is 5.11 Å². The molecule has 2 rings (SSSR count). The number of benzene rings is 1. The molecule has 22 heavy (non-hydrogen) atoms. The minimum Gasteiger partial charge on any atom is -0.481 e. The molecule has 120 valence electrons. The fourth-order valence-corrected chi connectivity index (χ4v) is 2.59. The lowest BCUT2D eigenvalue weighted by Gasteiger charge is -2.34. The van der Waals surface area contributed by atoms with Gasteiger partial charge in [0.05, 0.1) is 6.42 Å². The van der Waals surface area contributed by atoms with E-state index in [-0.39, 0.29) is 24.6 Å². The summed E-state index contributed by atoms with van der Waals surface area (Å²) in [6.45, 7) is 3.44. The van der Waals surface area contributed by atoms with Gasteiger partial charge in [0.15, 0.2) is 0 Å². The third-order valence-corrected chi connectivity index (χ3v) is 3.89. The van der Waals surface area contributed by atoms with E-state index in [9.17, 15) is 14.0 Å². The summed E-state index contributed by atoms with van der Waals surface area (Å²) in [5.74, 6) is -1.18. The van der Waals surface area contributed by atoms with Crippen LogP contribution in [0.5, 0.6) is 0 Å². The number of carboxylic acids is 1. The van der Waals surface area contributed by atoms with Gasteiger partial charge in [0.1, 0.15) is 5.82 Å². The van der Waals surface area contributed by atoms with E-state index in [2.05, 4.69) is 4.90 Å². The Morgan fingerprint density at radius 3 is 2.45 bits per heavy atom. The highest BCUT2D eigenvalue weighted by Gasteiger charge is 2.21. The molecular formula is C16H21FN2O3. The lowest BCUT2D eigenvalue weighted by atomic mass is 10.1. The molecule has 1 aromatic carbocycles. The van der Waals surface area contributed by atoms with Gasteiger partial charge in [-0.1, -0.05) is 18.2 Å². The Bertz CT molecular complexity index is 528. The van der Waals surface area contributed by atoms with Crippen molar-refractivity contribution in [1.82, 2.24) is 9.80 Å². The second-order valence-electron chi connectivity index (χ2n) is 5.49. The first-order valence-corrected chi connectivity index (χ1v) is 7.51. The van der Waals surface area contributed by atoms with Gasteiger partial charge in [-0.15, -0.1) is 0 Å². The summed E-state index contributed by atoms with van der Waals surface area (Å²) in [4.78, 5) is 26.6. The van der Waals surface area contributed by atoms with Crippen molar-refractivity contribution < 1.29 is 19.1 Å². The maximum Gasteiger partial charge on any atom is 0.303 e. The number of piperazine rings is 1. The molecule has 0 spiro atoms. The predicted molar refractivity (Wildman–Crippen MR) is 80.0 cm³/mol. The van der Waals surface area contributed by atoms with Crippen LogP contribution < -0.4 is 0 Å². The van der Waals surface area contributed by atoms with Crippen LogP contribution in [0.2, 0.25) is 0 Å². The zero-order valence-electron chi connectivity index (χ0n) is 12.5. The second kappa shape index (κ2) is 7.89. The van der Waals surface area contributed by atoms with E-state index in [1.165, 1.54) is 6.07 Å². The second-order valence-corrected chi connectivity index (χ2v) is 5.49. The molecule has 1 saturated heterocycles. The number of hydrogen-bond acceptors (Lipinski definition) is 3.